The van der Waals surface area contributed by atoms with Gasteiger partial charge in [0.2, 0.25) is 0 Å². The van der Waals surface area contributed by atoms with E-state index in [-0.39, 0.29) is 46.2 Å². The number of nitroso groups, excluding NO2 is 1. The van der Waals surface area contributed by atoms with Crippen LogP contribution in [0.1, 0.15) is 29.9 Å². The van der Waals surface area contributed by atoms with Gasteiger partial charge in [-0.2, -0.15) is 4.99 Å². The molecule has 4 amide bonds. The Bertz CT molecular complexity index is 1810. The van der Waals surface area contributed by atoms with E-state index in [1.165, 1.54) is 29.3 Å². The molecule has 0 bridgehead atoms. The Morgan fingerprint density at radius 2 is 1.96 bits per heavy atom. The zero-order valence-corrected chi connectivity index (χ0v) is 26.9. The molecule has 0 unspecified atom stereocenters. The highest BCUT2D eigenvalue weighted by atomic mass is 32.2. The number of fused-ring (bicyclic) bond motifs is 1. The molecule has 0 spiro atoms. The summed E-state index contributed by atoms with van der Waals surface area (Å²) in [5.74, 6) is -4.76. The Kier molecular flexibility index (Phi) is 11.1. The number of carboxylic acids is 1. The number of hydrogen-bond donors (Lipinski definition) is 5. The molecule has 2 aromatic heterocycles. The molecule has 8 N–H and O–H groups in total. The summed E-state index contributed by atoms with van der Waals surface area (Å²) in [6.45, 7) is 3.72. The number of nitrogens with zero attached hydrogens (tertiary/aromatic N) is 6. The number of aliphatic carboxylic acids is 1. The largest absolute Gasteiger partial charge is 0.477 e. The second-order valence-corrected chi connectivity index (χ2v) is 12.2. The highest BCUT2D eigenvalue weighted by Gasteiger charge is 2.54. The van der Waals surface area contributed by atoms with Crippen molar-refractivity contribution in [2.75, 3.05) is 11.5 Å². The third-order valence-corrected chi connectivity index (χ3v) is 8.43. The van der Waals surface area contributed by atoms with Crippen molar-refractivity contribution in [1.82, 2.24) is 15.2 Å². The summed E-state index contributed by atoms with van der Waals surface area (Å²) < 4.78 is 1.69. The summed E-state index contributed by atoms with van der Waals surface area (Å²) >= 11 is 2.39. The first-order valence-electron chi connectivity index (χ1n) is 13.9. The summed E-state index contributed by atoms with van der Waals surface area (Å²) in [7, 11) is 0. The number of thioether (sulfide) groups is 1. The van der Waals surface area contributed by atoms with Crippen LogP contribution in [0.15, 0.2) is 80.4 Å². The summed E-state index contributed by atoms with van der Waals surface area (Å²) in [4.78, 5) is 86.3. The number of allylic oxidation sites excluding steroid dienone is 2. The van der Waals surface area contributed by atoms with E-state index in [0.29, 0.717) is 5.57 Å². The van der Waals surface area contributed by atoms with Crippen molar-refractivity contribution in [3.63, 3.8) is 0 Å². The molecule has 0 saturated carbocycles. The minimum Gasteiger partial charge on any atom is -0.477 e. The van der Waals surface area contributed by atoms with Gasteiger partial charge in [0.25, 0.3) is 17.7 Å². The summed E-state index contributed by atoms with van der Waals surface area (Å²) in [5, 5.41) is 19.7. The number of hydrogen-bond acceptors (Lipinski definition) is 13. The van der Waals surface area contributed by atoms with E-state index >= 15 is 0 Å². The van der Waals surface area contributed by atoms with Gasteiger partial charge in [-0.1, -0.05) is 11.2 Å². The van der Waals surface area contributed by atoms with Gasteiger partial charge >= 0.3 is 11.9 Å². The molecule has 2 atom stereocenters. The molecule has 250 valence electrons. The molecule has 2 aliphatic rings. The molecule has 20 heteroatoms. The number of aliphatic imine (C=N–C) groups is 1. The van der Waals surface area contributed by atoms with Crippen molar-refractivity contribution in [3.8, 4) is 0 Å². The lowest BCUT2D eigenvalue weighted by molar-refractivity contribution is -0.687. The highest BCUT2D eigenvalue weighted by Crippen LogP contribution is 2.40. The fraction of sp³-hybridized carbons (Fsp3) is 0.250. The SMILES string of the molecule is CC(C)O/N=C(\C(=O)N[C@@H]1C(=O)N2C(C(=O)O)=C(/C=C/C[n+]3ccc(C(=O)N=C(N)/C=C(\N)C(=O)N=O)cc3)CS[C@H]12)c1csc(N)n1. The van der Waals surface area contributed by atoms with Gasteiger partial charge in [-0.15, -0.1) is 28.0 Å². The Hall–Kier alpha value is -5.76. The zero-order valence-electron chi connectivity index (χ0n) is 25.3. The molecule has 1 fully saturated rings. The van der Waals surface area contributed by atoms with Gasteiger partial charge in [-0.25, -0.2) is 14.3 Å². The topological polar surface area (TPSA) is 279 Å². The van der Waals surface area contributed by atoms with Crippen LogP contribution in [-0.4, -0.2) is 79.4 Å². The maximum absolute atomic E-state index is 13.1. The summed E-state index contributed by atoms with van der Waals surface area (Å²) in [5.41, 5.74) is 16.4. The van der Waals surface area contributed by atoms with Crippen molar-refractivity contribution < 1.29 is 38.5 Å². The number of rotatable bonds is 12. The van der Waals surface area contributed by atoms with Crippen LogP contribution in [-0.2, 0) is 30.6 Å². The summed E-state index contributed by atoms with van der Waals surface area (Å²) in [6, 6.07) is 1.91. The van der Waals surface area contributed by atoms with E-state index in [4.69, 9.17) is 22.0 Å². The Balaban J connectivity index is 1.42. The maximum atomic E-state index is 13.1. The number of carbonyl (C=O) groups excluding carboxylic acids is 4. The van der Waals surface area contributed by atoms with Gasteiger partial charge in [-0.3, -0.25) is 24.1 Å². The zero-order chi connectivity index (χ0) is 35.1. The minimum absolute atomic E-state index is 0.162. The lowest BCUT2D eigenvalue weighted by Gasteiger charge is -2.49. The second-order valence-electron chi connectivity index (χ2n) is 10.2. The number of nitrogens with one attached hydrogen (secondary N) is 1. The Labute approximate surface area is 280 Å². The monoisotopic (exact) mass is 697 g/mol. The number of β-lactam (4-membered cyclic amide) rings is 1. The third-order valence-electron chi connectivity index (χ3n) is 6.46. The van der Waals surface area contributed by atoms with E-state index in [2.05, 4.69) is 25.6 Å². The molecule has 0 radical (unpaired) electrons. The number of thiazole rings is 1. The van der Waals surface area contributed by atoms with Gasteiger partial charge in [-0.05, 0) is 25.5 Å². The number of oxime groups is 1. The van der Waals surface area contributed by atoms with Crippen LogP contribution in [0.25, 0.3) is 0 Å². The molecule has 0 aliphatic carbocycles. The van der Waals surface area contributed by atoms with Crippen LogP contribution in [0.4, 0.5) is 5.13 Å². The van der Waals surface area contributed by atoms with Gasteiger partial charge < -0.3 is 32.5 Å². The van der Waals surface area contributed by atoms with Crippen LogP contribution in [0, 0.1) is 4.91 Å². The lowest BCUT2D eigenvalue weighted by Crippen LogP contribution is -2.71. The number of nitrogens with two attached hydrogens (primary N) is 3. The third kappa shape index (κ3) is 8.14. The van der Waals surface area contributed by atoms with Crippen LogP contribution in [0.2, 0.25) is 0 Å². The average Bonchev–Trinajstić information content (AvgIpc) is 3.48. The van der Waals surface area contributed by atoms with Crippen molar-refractivity contribution in [2.24, 2.45) is 26.8 Å². The van der Waals surface area contributed by atoms with Crippen molar-refractivity contribution in [3.05, 3.63) is 81.3 Å². The smallest absolute Gasteiger partial charge is 0.352 e. The molecular formula is C28H29N10O8S2+. The molecule has 0 aromatic carbocycles. The molecule has 4 heterocycles. The fourth-order valence-corrected chi connectivity index (χ4v) is 6.13. The summed E-state index contributed by atoms with van der Waals surface area (Å²) in [6.07, 6.45) is 6.93. The van der Waals surface area contributed by atoms with Crippen LogP contribution in [0.3, 0.4) is 0 Å². The van der Waals surface area contributed by atoms with Crippen LogP contribution >= 0.6 is 23.1 Å². The van der Waals surface area contributed by atoms with E-state index in [1.807, 2.05) is 0 Å². The van der Waals surface area contributed by atoms with Crippen molar-refractivity contribution in [2.45, 2.75) is 37.9 Å². The van der Waals surface area contributed by atoms with Crippen molar-refractivity contribution in [1.29, 1.82) is 0 Å². The average molecular weight is 698 g/mol. The second kappa shape index (κ2) is 15.2. The normalized spacial score (nSPS) is 18.4. The predicted octanol–water partition coefficient (Wildman–Crippen LogP) is -0.230. The number of amidine groups is 1. The standard InChI is InChI=1S/C28H28N10O8S2/c1-13(2)46-36-19(17-12-48-28(31)32-17)24(41)34-20-25(42)38-21(27(43)44)15(11-47-26(20)38)4-3-7-37-8-5-14(6-9-37)22(39)33-18(30)10-16(29)23(40)35-45/h3-6,8-10,12-13,20,26H,7,11H2,1-2H3,(H7-,29,30,31,32,33,34,39,41,43,44)/p+1/b4-3+,36-19-/t20-,26-/m1/s1. The number of amides is 4. The molecular weight excluding hydrogens is 669 g/mol. The number of carboxylic acid groups (broad SMARTS) is 1. The minimum atomic E-state index is -1.30. The van der Waals surface area contributed by atoms with Gasteiger partial charge in [0.15, 0.2) is 29.8 Å². The Morgan fingerprint density at radius 3 is 2.56 bits per heavy atom. The molecule has 4 rings (SSSR count). The van der Waals surface area contributed by atoms with E-state index in [9.17, 15) is 34.0 Å². The molecule has 2 aliphatic heterocycles. The molecule has 2 aromatic rings. The maximum Gasteiger partial charge on any atom is 0.352 e. The van der Waals surface area contributed by atoms with Crippen LogP contribution < -0.4 is 27.1 Å². The van der Waals surface area contributed by atoms with Gasteiger partial charge in [0, 0.05) is 34.5 Å². The predicted molar refractivity (Wildman–Crippen MR) is 174 cm³/mol. The van der Waals surface area contributed by atoms with Gasteiger partial charge in [0.05, 0.1) is 5.56 Å². The first kappa shape index (κ1) is 35.1. The number of nitrogen functional groups attached to an aromatic ring is 1. The molecule has 18 nitrogen and oxygen atoms in total. The molecule has 1 saturated heterocycles. The highest BCUT2D eigenvalue weighted by molar-refractivity contribution is 8.00. The Morgan fingerprint density at radius 1 is 1.25 bits per heavy atom. The lowest BCUT2D eigenvalue weighted by atomic mass is 10.0. The van der Waals surface area contributed by atoms with Crippen molar-refractivity contribution >= 4 is 69.4 Å². The van der Waals surface area contributed by atoms with E-state index in [1.54, 1.807) is 43.0 Å². The van der Waals surface area contributed by atoms with Crippen LogP contribution in [0.5, 0.6) is 0 Å². The van der Waals surface area contributed by atoms with E-state index < -0.39 is 52.5 Å². The number of aromatic nitrogens is 2. The number of carbonyl (C=O) groups is 5. The fourth-order valence-electron chi connectivity index (χ4n) is 4.27. The number of anilines is 1. The first-order valence-corrected chi connectivity index (χ1v) is 15.8. The number of pyridine rings is 1. The first-order chi connectivity index (χ1) is 22.8. The van der Waals surface area contributed by atoms with E-state index in [0.717, 1.165) is 22.3 Å². The molecule has 48 heavy (non-hydrogen) atoms. The van der Waals surface area contributed by atoms with Gasteiger partial charge in [0.1, 0.15) is 40.4 Å². The quantitative estimate of drug-likeness (QED) is 0.0365.